The zero-order valence-electron chi connectivity index (χ0n) is 12.6. The van der Waals surface area contributed by atoms with Crippen molar-refractivity contribution >= 4 is 23.6 Å². The van der Waals surface area contributed by atoms with Crippen LogP contribution in [0.1, 0.15) is 11.1 Å². The molecule has 1 N–H and O–H groups in total. The second kappa shape index (κ2) is 7.89. The molecule has 2 aromatic rings. The number of amides is 1. The lowest BCUT2D eigenvalue weighted by Crippen LogP contribution is -2.20. The molecule has 0 unspecified atom stereocenters. The Morgan fingerprint density at radius 1 is 1.13 bits per heavy atom. The van der Waals surface area contributed by atoms with Gasteiger partial charge in [-0.05, 0) is 30.7 Å². The molecule has 0 aliphatic heterocycles. The summed E-state index contributed by atoms with van der Waals surface area (Å²) >= 11 is 0. The number of hydrogen-bond acceptors (Lipinski definition) is 3. The lowest BCUT2D eigenvalue weighted by atomic mass is 10.1. The van der Waals surface area contributed by atoms with Gasteiger partial charge in [-0.25, -0.2) is 9.18 Å². The van der Waals surface area contributed by atoms with Crippen molar-refractivity contribution in [2.75, 3.05) is 11.9 Å². The van der Waals surface area contributed by atoms with Gasteiger partial charge in [0.05, 0.1) is 5.69 Å². The molecule has 118 valence electrons. The highest BCUT2D eigenvalue weighted by molar-refractivity contribution is 5.94. The van der Waals surface area contributed by atoms with Crippen LogP contribution in [-0.2, 0) is 14.3 Å². The number of carbonyl (C=O) groups excluding carboxylic acids is 2. The number of para-hydroxylation sites is 1. The number of ether oxygens (including phenoxy) is 1. The highest BCUT2D eigenvalue weighted by atomic mass is 19.1. The van der Waals surface area contributed by atoms with E-state index in [-0.39, 0.29) is 5.69 Å². The number of aryl methyl sites for hydroxylation is 1. The number of rotatable bonds is 5. The summed E-state index contributed by atoms with van der Waals surface area (Å²) in [6.07, 6.45) is 2.83. The summed E-state index contributed by atoms with van der Waals surface area (Å²) < 4.78 is 18.2. The van der Waals surface area contributed by atoms with Gasteiger partial charge in [0, 0.05) is 6.08 Å². The Kier molecular flexibility index (Phi) is 5.63. The SMILES string of the molecule is Cc1ccc(C=CC(=O)OCC(=O)Nc2ccccc2F)cc1. The van der Waals surface area contributed by atoms with Crippen molar-refractivity contribution in [1.82, 2.24) is 0 Å². The van der Waals surface area contributed by atoms with Gasteiger partial charge in [0.1, 0.15) is 5.82 Å². The molecule has 0 heterocycles. The summed E-state index contributed by atoms with van der Waals surface area (Å²) in [4.78, 5) is 23.1. The summed E-state index contributed by atoms with van der Waals surface area (Å²) in [5, 5.41) is 2.33. The topological polar surface area (TPSA) is 55.4 Å². The van der Waals surface area contributed by atoms with Gasteiger partial charge < -0.3 is 10.1 Å². The molecule has 0 aromatic heterocycles. The maximum atomic E-state index is 13.4. The molecule has 23 heavy (non-hydrogen) atoms. The predicted molar refractivity (Wildman–Crippen MR) is 86.2 cm³/mol. The second-order valence-corrected chi connectivity index (χ2v) is 4.88. The Morgan fingerprint density at radius 2 is 1.83 bits per heavy atom. The monoisotopic (exact) mass is 313 g/mol. The van der Waals surface area contributed by atoms with Gasteiger partial charge in [-0.1, -0.05) is 42.0 Å². The molecule has 2 rings (SSSR count). The first kappa shape index (κ1) is 16.4. The number of esters is 1. The van der Waals surface area contributed by atoms with E-state index in [0.29, 0.717) is 0 Å². The molecule has 0 fully saturated rings. The van der Waals surface area contributed by atoms with E-state index in [1.54, 1.807) is 12.1 Å². The van der Waals surface area contributed by atoms with Gasteiger partial charge in [0.15, 0.2) is 6.61 Å². The Labute approximate surface area is 133 Å². The van der Waals surface area contributed by atoms with Crippen LogP contribution in [0, 0.1) is 12.7 Å². The minimum Gasteiger partial charge on any atom is -0.452 e. The van der Waals surface area contributed by atoms with E-state index < -0.39 is 24.3 Å². The molecule has 0 atom stereocenters. The number of hydrogen-bond donors (Lipinski definition) is 1. The molecule has 5 heteroatoms. The molecule has 4 nitrogen and oxygen atoms in total. The van der Waals surface area contributed by atoms with Crippen molar-refractivity contribution in [1.29, 1.82) is 0 Å². The van der Waals surface area contributed by atoms with Gasteiger partial charge in [0.25, 0.3) is 5.91 Å². The fraction of sp³-hybridized carbons (Fsp3) is 0.111. The van der Waals surface area contributed by atoms with E-state index in [0.717, 1.165) is 11.1 Å². The highest BCUT2D eigenvalue weighted by Gasteiger charge is 2.08. The standard InChI is InChI=1S/C18H16FNO3/c1-13-6-8-14(9-7-13)10-11-18(22)23-12-17(21)20-16-5-3-2-4-15(16)19/h2-11H,12H2,1H3,(H,20,21). The summed E-state index contributed by atoms with van der Waals surface area (Å²) in [5.74, 6) is -1.80. The van der Waals surface area contributed by atoms with E-state index in [1.165, 1.54) is 24.3 Å². The van der Waals surface area contributed by atoms with Crippen LogP contribution in [0.4, 0.5) is 10.1 Å². The molecule has 2 aromatic carbocycles. The quantitative estimate of drug-likeness (QED) is 0.680. The van der Waals surface area contributed by atoms with Gasteiger partial charge in [-0.3, -0.25) is 4.79 Å². The van der Waals surface area contributed by atoms with Crippen molar-refractivity contribution in [3.63, 3.8) is 0 Å². The van der Waals surface area contributed by atoms with Gasteiger partial charge in [0.2, 0.25) is 0 Å². The molecule has 0 spiro atoms. The van der Waals surface area contributed by atoms with Gasteiger partial charge in [-0.2, -0.15) is 0 Å². The smallest absolute Gasteiger partial charge is 0.331 e. The van der Waals surface area contributed by atoms with Crippen LogP contribution in [0.3, 0.4) is 0 Å². The normalized spacial score (nSPS) is 10.5. The molecule has 0 aliphatic carbocycles. The van der Waals surface area contributed by atoms with E-state index >= 15 is 0 Å². The average Bonchev–Trinajstić information content (AvgIpc) is 2.54. The first-order chi connectivity index (χ1) is 11.0. The zero-order valence-corrected chi connectivity index (χ0v) is 12.6. The fourth-order valence-corrected chi connectivity index (χ4v) is 1.78. The molecule has 0 saturated heterocycles. The first-order valence-corrected chi connectivity index (χ1v) is 7.00. The first-order valence-electron chi connectivity index (χ1n) is 7.00. The van der Waals surface area contributed by atoms with Crippen LogP contribution in [0.5, 0.6) is 0 Å². The number of nitrogens with one attached hydrogen (secondary N) is 1. The molecule has 0 radical (unpaired) electrons. The molecular formula is C18H16FNO3. The summed E-state index contributed by atoms with van der Waals surface area (Å²) in [5.41, 5.74) is 2.02. The van der Waals surface area contributed by atoms with E-state index in [4.69, 9.17) is 4.74 Å². The Morgan fingerprint density at radius 3 is 2.52 bits per heavy atom. The number of benzene rings is 2. The summed E-state index contributed by atoms with van der Waals surface area (Å²) in [7, 11) is 0. The largest absolute Gasteiger partial charge is 0.452 e. The van der Waals surface area contributed by atoms with Crippen LogP contribution in [0.2, 0.25) is 0 Å². The number of carbonyl (C=O) groups is 2. The van der Waals surface area contributed by atoms with Crippen LogP contribution < -0.4 is 5.32 Å². The number of halogens is 1. The van der Waals surface area contributed by atoms with Crippen LogP contribution >= 0.6 is 0 Å². The van der Waals surface area contributed by atoms with Crippen LogP contribution in [0.15, 0.2) is 54.6 Å². The minimum absolute atomic E-state index is 0.0451. The lowest BCUT2D eigenvalue weighted by molar-refractivity contribution is -0.142. The van der Waals surface area contributed by atoms with Crippen molar-refractivity contribution in [3.05, 3.63) is 71.6 Å². The third kappa shape index (κ3) is 5.39. The summed E-state index contributed by atoms with van der Waals surface area (Å²) in [6, 6.07) is 13.3. The maximum absolute atomic E-state index is 13.4. The highest BCUT2D eigenvalue weighted by Crippen LogP contribution is 2.12. The summed E-state index contributed by atoms with van der Waals surface area (Å²) in [6.45, 7) is 1.49. The van der Waals surface area contributed by atoms with E-state index in [2.05, 4.69) is 5.32 Å². The second-order valence-electron chi connectivity index (χ2n) is 4.88. The van der Waals surface area contributed by atoms with Crippen molar-refractivity contribution < 1.29 is 18.7 Å². The van der Waals surface area contributed by atoms with Gasteiger partial charge >= 0.3 is 5.97 Å². The lowest BCUT2D eigenvalue weighted by Gasteiger charge is -2.06. The average molecular weight is 313 g/mol. The maximum Gasteiger partial charge on any atom is 0.331 e. The van der Waals surface area contributed by atoms with E-state index in [1.807, 2.05) is 31.2 Å². The Balaban J connectivity index is 1.81. The zero-order chi connectivity index (χ0) is 16.7. The fourth-order valence-electron chi connectivity index (χ4n) is 1.78. The van der Waals surface area contributed by atoms with Crippen molar-refractivity contribution in [2.45, 2.75) is 6.92 Å². The minimum atomic E-state index is -0.644. The van der Waals surface area contributed by atoms with Crippen molar-refractivity contribution in [3.8, 4) is 0 Å². The van der Waals surface area contributed by atoms with Crippen LogP contribution in [0.25, 0.3) is 6.08 Å². The predicted octanol–water partition coefficient (Wildman–Crippen LogP) is 3.33. The molecule has 0 bridgehead atoms. The number of anilines is 1. The Bertz CT molecular complexity index is 723. The van der Waals surface area contributed by atoms with Crippen molar-refractivity contribution in [2.24, 2.45) is 0 Å². The third-order valence-corrected chi connectivity index (χ3v) is 2.98. The Hall–Kier alpha value is -2.95. The molecule has 0 saturated carbocycles. The molecular weight excluding hydrogens is 297 g/mol. The third-order valence-electron chi connectivity index (χ3n) is 2.98. The van der Waals surface area contributed by atoms with Gasteiger partial charge in [-0.15, -0.1) is 0 Å². The molecule has 0 aliphatic rings. The molecule has 1 amide bonds. The van der Waals surface area contributed by atoms with Crippen LogP contribution in [-0.4, -0.2) is 18.5 Å². The van der Waals surface area contributed by atoms with E-state index in [9.17, 15) is 14.0 Å².